The van der Waals surface area contributed by atoms with Crippen LogP contribution in [0.5, 0.6) is 0 Å². The van der Waals surface area contributed by atoms with Crippen LogP contribution in [0.1, 0.15) is 25.3 Å². The molecule has 1 aromatic carbocycles. The van der Waals surface area contributed by atoms with Gasteiger partial charge in [-0.15, -0.1) is 30.4 Å². The van der Waals surface area contributed by atoms with Crippen molar-refractivity contribution in [3.8, 4) is 12.3 Å². The summed E-state index contributed by atoms with van der Waals surface area (Å²) in [6.45, 7) is 3.56. The summed E-state index contributed by atoms with van der Waals surface area (Å²) >= 11 is 0. The first kappa shape index (κ1) is 23.8. The molecule has 152 valence electrons. The van der Waals surface area contributed by atoms with Gasteiger partial charge in [-0.25, -0.2) is 0 Å². The fourth-order valence-electron chi connectivity index (χ4n) is 3.01. The number of anilines is 1. The molecule has 0 saturated carbocycles. The van der Waals surface area contributed by atoms with Gasteiger partial charge in [0.15, 0.2) is 5.96 Å². The number of guanidine groups is 1. The molecule has 1 aromatic rings. The summed E-state index contributed by atoms with van der Waals surface area (Å²) in [6.07, 6.45) is 7.04. The number of piperidine rings is 1. The third kappa shape index (κ3) is 7.03. The van der Waals surface area contributed by atoms with Gasteiger partial charge in [-0.3, -0.25) is 14.6 Å². The van der Waals surface area contributed by atoms with Gasteiger partial charge in [0.1, 0.15) is 0 Å². The molecular weight excluding hydrogens is 471 g/mol. The maximum Gasteiger partial charge on any atom is 0.310 e. The second kappa shape index (κ2) is 12.2. The van der Waals surface area contributed by atoms with Gasteiger partial charge in [0.2, 0.25) is 5.91 Å². The number of nitrogens with one attached hydrogen (secondary N) is 2. The maximum atomic E-state index is 12.2. The summed E-state index contributed by atoms with van der Waals surface area (Å²) < 4.78 is 5.12. The predicted molar refractivity (Wildman–Crippen MR) is 121 cm³/mol. The van der Waals surface area contributed by atoms with Crippen LogP contribution in [0.25, 0.3) is 0 Å². The molecule has 1 amide bonds. The van der Waals surface area contributed by atoms with E-state index in [1.165, 1.54) is 0 Å². The van der Waals surface area contributed by atoms with Crippen LogP contribution in [0.3, 0.4) is 0 Å². The summed E-state index contributed by atoms with van der Waals surface area (Å²) in [7, 11) is 1.66. The Bertz CT molecular complexity index is 745. The summed E-state index contributed by atoms with van der Waals surface area (Å²) in [5.74, 6) is 2.58. The number of benzene rings is 1. The molecule has 28 heavy (non-hydrogen) atoms. The van der Waals surface area contributed by atoms with Gasteiger partial charge in [0.25, 0.3) is 0 Å². The monoisotopic (exact) mass is 498 g/mol. The van der Waals surface area contributed by atoms with E-state index in [0.29, 0.717) is 30.4 Å². The minimum Gasteiger partial charge on any atom is -0.466 e. The fraction of sp³-hybridized carbons (Fsp3) is 0.450. The zero-order valence-corrected chi connectivity index (χ0v) is 18.6. The molecule has 1 heterocycles. The quantitative estimate of drug-likeness (QED) is 0.214. The zero-order valence-electron chi connectivity index (χ0n) is 16.2. The van der Waals surface area contributed by atoms with E-state index < -0.39 is 0 Å². The molecule has 1 atom stereocenters. The highest BCUT2D eigenvalue weighted by Gasteiger charge is 2.28. The molecule has 1 aliphatic rings. The molecule has 2 N–H and O–H groups in total. The van der Waals surface area contributed by atoms with Gasteiger partial charge >= 0.3 is 5.97 Å². The van der Waals surface area contributed by atoms with Crippen LogP contribution in [0.4, 0.5) is 5.69 Å². The second-order valence-electron chi connectivity index (χ2n) is 6.21. The number of carbonyl (C=O) groups excluding carboxylic acids is 2. The number of hydrogen-bond acceptors (Lipinski definition) is 4. The highest BCUT2D eigenvalue weighted by Crippen LogP contribution is 2.18. The normalized spacial score (nSPS) is 16.4. The molecule has 0 radical (unpaired) electrons. The lowest BCUT2D eigenvalue weighted by Gasteiger charge is -2.33. The SMILES string of the molecule is C#Cc1cccc(NC(=O)CNC(=NC)N2CCCC(C(=O)OCC)C2)c1.I. The zero-order chi connectivity index (χ0) is 19.6. The van der Waals surface area contributed by atoms with Gasteiger partial charge in [0, 0.05) is 31.4 Å². The van der Waals surface area contributed by atoms with Crippen molar-refractivity contribution in [1.29, 1.82) is 0 Å². The van der Waals surface area contributed by atoms with E-state index in [2.05, 4.69) is 21.5 Å². The summed E-state index contributed by atoms with van der Waals surface area (Å²) in [4.78, 5) is 30.4. The number of nitrogens with zero attached hydrogens (tertiary/aromatic N) is 2. The number of terminal acetylenes is 1. The Kier molecular flexibility index (Phi) is 10.4. The van der Waals surface area contributed by atoms with Crippen LogP contribution in [-0.4, -0.2) is 56.0 Å². The number of ether oxygens (including phenoxy) is 1. The Morgan fingerprint density at radius 1 is 1.43 bits per heavy atom. The number of rotatable bonds is 5. The lowest BCUT2D eigenvalue weighted by molar-refractivity contribution is -0.149. The van der Waals surface area contributed by atoms with Crippen LogP contribution in [-0.2, 0) is 14.3 Å². The van der Waals surface area contributed by atoms with Crippen molar-refractivity contribution < 1.29 is 14.3 Å². The number of carbonyl (C=O) groups is 2. The number of aliphatic imine (C=N–C) groups is 1. The first-order chi connectivity index (χ1) is 13.1. The average Bonchev–Trinajstić information content (AvgIpc) is 2.69. The van der Waals surface area contributed by atoms with Crippen molar-refractivity contribution in [3.05, 3.63) is 29.8 Å². The van der Waals surface area contributed by atoms with E-state index in [-0.39, 0.29) is 48.3 Å². The topological polar surface area (TPSA) is 83.0 Å². The Morgan fingerprint density at radius 3 is 2.89 bits per heavy atom. The second-order valence-corrected chi connectivity index (χ2v) is 6.21. The molecule has 1 aliphatic heterocycles. The smallest absolute Gasteiger partial charge is 0.310 e. The predicted octanol–water partition coefficient (Wildman–Crippen LogP) is 2.07. The molecule has 1 fully saturated rings. The molecule has 0 aliphatic carbocycles. The lowest BCUT2D eigenvalue weighted by Crippen LogP contribution is -2.49. The van der Waals surface area contributed by atoms with E-state index in [1.807, 2.05) is 4.90 Å². The van der Waals surface area contributed by atoms with Gasteiger partial charge in [-0.2, -0.15) is 0 Å². The van der Waals surface area contributed by atoms with Crippen LogP contribution in [0.15, 0.2) is 29.3 Å². The molecule has 1 saturated heterocycles. The van der Waals surface area contributed by atoms with E-state index >= 15 is 0 Å². The van der Waals surface area contributed by atoms with Crippen LogP contribution in [0.2, 0.25) is 0 Å². The molecule has 1 unspecified atom stereocenters. The Balaban J connectivity index is 0.00000392. The fourth-order valence-corrected chi connectivity index (χ4v) is 3.01. The van der Waals surface area contributed by atoms with Gasteiger partial charge in [-0.05, 0) is 38.0 Å². The van der Waals surface area contributed by atoms with Crippen LogP contribution < -0.4 is 10.6 Å². The minimum atomic E-state index is -0.204. The van der Waals surface area contributed by atoms with Gasteiger partial charge in [-0.1, -0.05) is 12.0 Å². The van der Waals surface area contributed by atoms with Crippen molar-refractivity contribution in [1.82, 2.24) is 10.2 Å². The van der Waals surface area contributed by atoms with Crippen molar-refractivity contribution in [2.75, 3.05) is 38.6 Å². The van der Waals surface area contributed by atoms with E-state index in [0.717, 1.165) is 19.4 Å². The molecule has 8 heteroatoms. The molecular formula is C20H27IN4O3. The third-order valence-electron chi connectivity index (χ3n) is 4.27. The summed E-state index contributed by atoms with van der Waals surface area (Å²) in [5, 5.41) is 5.85. The number of halogens is 1. The number of esters is 1. The Morgan fingerprint density at radius 2 is 2.21 bits per heavy atom. The Hall–Kier alpha value is -2.28. The highest BCUT2D eigenvalue weighted by molar-refractivity contribution is 14.0. The summed E-state index contributed by atoms with van der Waals surface area (Å²) in [6, 6.07) is 7.11. The minimum absolute atomic E-state index is 0. The standard InChI is InChI=1S/C20H26N4O3.HI/c1-4-15-8-6-10-17(12-15)23-18(25)13-22-20(21-3)24-11-7-9-16(14-24)19(26)27-5-2;/h1,6,8,10,12,16H,5,7,9,11,13-14H2,2-3H3,(H,21,22)(H,23,25);1H. The molecule has 2 rings (SSSR count). The first-order valence-electron chi connectivity index (χ1n) is 9.06. The van der Waals surface area contributed by atoms with Crippen molar-refractivity contribution in [3.63, 3.8) is 0 Å². The third-order valence-corrected chi connectivity index (χ3v) is 4.27. The lowest BCUT2D eigenvalue weighted by atomic mass is 9.98. The summed E-state index contributed by atoms with van der Waals surface area (Å²) in [5.41, 5.74) is 1.35. The molecule has 7 nitrogen and oxygen atoms in total. The average molecular weight is 498 g/mol. The van der Waals surface area contributed by atoms with E-state index in [9.17, 15) is 9.59 Å². The molecule has 0 aromatic heterocycles. The molecule has 0 spiro atoms. The number of likely N-dealkylation sites (tertiary alicyclic amines) is 1. The van der Waals surface area contributed by atoms with Crippen LogP contribution in [0, 0.1) is 18.3 Å². The van der Waals surface area contributed by atoms with E-state index in [4.69, 9.17) is 11.2 Å². The number of amides is 1. The van der Waals surface area contributed by atoms with Gasteiger partial charge < -0.3 is 20.3 Å². The number of hydrogen-bond donors (Lipinski definition) is 2. The molecule has 0 bridgehead atoms. The largest absolute Gasteiger partial charge is 0.466 e. The van der Waals surface area contributed by atoms with Crippen molar-refractivity contribution >= 4 is 47.5 Å². The van der Waals surface area contributed by atoms with Crippen molar-refractivity contribution in [2.45, 2.75) is 19.8 Å². The van der Waals surface area contributed by atoms with E-state index in [1.54, 1.807) is 38.2 Å². The van der Waals surface area contributed by atoms with Gasteiger partial charge in [0.05, 0.1) is 19.1 Å². The first-order valence-corrected chi connectivity index (χ1v) is 9.06. The maximum absolute atomic E-state index is 12.2. The van der Waals surface area contributed by atoms with Crippen LogP contribution >= 0.6 is 24.0 Å². The highest BCUT2D eigenvalue weighted by atomic mass is 127. The Labute approximate surface area is 183 Å². The van der Waals surface area contributed by atoms with Crippen molar-refractivity contribution in [2.24, 2.45) is 10.9 Å².